The van der Waals surface area contributed by atoms with Gasteiger partial charge in [-0.15, -0.1) is 9.40 Å². The zero-order valence-electron chi connectivity index (χ0n) is 19.5. The summed E-state index contributed by atoms with van der Waals surface area (Å²) in [6, 6.07) is 1.76. The molecule has 34 heavy (non-hydrogen) atoms. The minimum Gasteiger partial charge on any atom is -0.492 e. The summed E-state index contributed by atoms with van der Waals surface area (Å²) >= 11 is 0. The molecule has 0 spiro atoms. The van der Waals surface area contributed by atoms with E-state index in [4.69, 9.17) is 4.74 Å². The summed E-state index contributed by atoms with van der Waals surface area (Å²) in [5.41, 5.74) is 0.735. The van der Waals surface area contributed by atoms with E-state index < -0.39 is 16.2 Å². The standard InChI is InChI=1S/C19H23FN8O3S.C2H6/c1-31-15-8-16-22-11-14(28(16)26-18(15)27-6-3-7-32(27,29)30)17-13(20)10-23-19(25-17)24-12-4-2-5-21-9-12;1-2/h8,10-12,21H,2-7,9H2,1H3,(H-,23,24,25,29,30);1-2H3/p+1. The molecular weight excluding hydrogens is 463 g/mol. The van der Waals surface area contributed by atoms with Crippen LogP contribution in [0.5, 0.6) is 5.75 Å². The number of imidazole rings is 1. The van der Waals surface area contributed by atoms with E-state index in [0.29, 0.717) is 36.0 Å². The third-order valence-corrected chi connectivity index (χ3v) is 7.49. The summed E-state index contributed by atoms with van der Waals surface area (Å²) < 4.78 is 45.8. The molecule has 3 aromatic rings. The SMILES string of the molecule is CC.COc1cc2ncc(-c3nc(NC4CCCNC4)ncc3F)n2nc1N1CCC[S+]1(=O)O. The van der Waals surface area contributed by atoms with Gasteiger partial charge in [0.2, 0.25) is 11.8 Å². The fourth-order valence-electron chi connectivity index (χ4n) is 4.04. The van der Waals surface area contributed by atoms with Crippen LogP contribution in [0, 0.1) is 5.82 Å². The Hall–Kier alpha value is -2.90. The number of halogens is 1. The van der Waals surface area contributed by atoms with E-state index in [9.17, 15) is 13.2 Å². The monoisotopic (exact) mass is 493 g/mol. The van der Waals surface area contributed by atoms with Gasteiger partial charge in [-0.1, -0.05) is 13.8 Å². The average Bonchev–Trinajstić information content (AvgIpc) is 3.43. The predicted molar refractivity (Wildman–Crippen MR) is 129 cm³/mol. The van der Waals surface area contributed by atoms with Crippen molar-refractivity contribution in [1.82, 2.24) is 29.9 Å². The Bertz CT molecular complexity index is 1200. The Labute approximate surface area is 198 Å². The first-order chi connectivity index (χ1) is 16.5. The molecule has 0 bridgehead atoms. The lowest BCUT2D eigenvalue weighted by molar-refractivity contribution is 0.412. The number of methoxy groups -OCH3 is 1. The third kappa shape index (κ3) is 4.68. The van der Waals surface area contributed by atoms with Gasteiger partial charge in [-0.2, -0.15) is 4.55 Å². The fraction of sp³-hybridized carbons (Fsp3) is 0.524. The van der Waals surface area contributed by atoms with Crippen molar-refractivity contribution in [2.45, 2.75) is 39.2 Å². The van der Waals surface area contributed by atoms with Gasteiger partial charge in [0.25, 0.3) is 0 Å². The molecular formula is C21H30FN8O3S+. The number of hydrogen-bond acceptors (Lipinski definition) is 8. The minimum atomic E-state index is -3.24. The zero-order chi connectivity index (χ0) is 24.3. The van der Waals surface area contributed by atoms with Gasteiger partial charge in [-0.3, -0.25) is 0 Å². The normalized spacial score (nSPS) is 22.4. The van der Waals surface area contributed by atoms with Gasteiger partial charge in [-0.25, -0.2) is 23.9 Å². The minimum absolute atomic E-state index is 0.0357. The van der Waals surface area contributed by atoms with E-state index in [1.165, 1.54) is 22.1 Å². The number of nitrogens with zero attached hydrogens (tertiary/aromatic N) is 6. The second kappa shape index (κ2) is 10.2. The third-order valence-electron chi connectivity index (χ3n) is 5.63. The molecule has 13 heteroatoms. The number of aromatic nitrogens is 5. The van der Waals surface area contributed by atoms with Crippen LogP contribution in [0.4, 0.5) is 16.2 Å². The Kier molecular flexibility index (Phi) is 7.24. The fourth-order valence-corrected chi connectivity index (χ4v) is 5.57. The smallest absolute Gasteiger partial charge is 0.314 e. The highest BCUT2D eigenvalue weighted by atomic mass is 32.3. The highest BCUT2D eigenvalue weighted by Crippen LogP contribution is 2.35. The number of rotatable bonds is 5. The second-order valence-corrected chi connectivity index (χ2v) is 9.86. The van der Waals surface area contributed by atoms with Crippen LogP contribution in [-0.2, 0) is 14.6 Å². The van der Waals surface area contributed by atoms with E-state index in [0.717, 1.165) is 32.1 Å². The van der Waals surface area contributed by atoms with Crippen LogP contribution in [0.1, 0.15) is 33.1 Å². The average molecular weight is 494 g/mol. The van der Waals surface area contributed by atoms with E-state index in [2.05, 4.69) is 30.7 Å². The first kappa shape index (κ1) is 24.2. The Morgan fingerprint density at radius 1 is 1.29 bits per heavy atom. The van der Waals surface area contributed by atoms with E-state index in [1.54, 1.807) is 6.07 Å². The van der Waals surface area contributed by atoms with Crippen LogP contribution in [0.2, 0.25) is 0 Å². The molecule has 3 aromatic heterocycles. The first-order valence-corrected chi connectivity index (χ1v) is 13.1. The van der Waals surface area contributed by atoms with Gasteiger partial charge >= 0.3 is 10.4 Å². The van der Waals surface area contributed by atoms with Gasteiger partial charge in [0, 0.05) is 25.1 Å². The molecule has 0 radical (unpaired) electrons. The molecule has 3 N–H and O–H groups in total. The molecule has 2 aliphatic rings. The van der Waals surface area contributed by atoms with Crippen molar-refractivity contribution in [3.63, 3.8) is 0 Å². The second-order valence-electron chi connectivity index (χ2n) is 7.79. The van der Waals surface area contributed by atoms with Crippen LogP contribution in [0.3, 0.4) is 0 Å². The lowest BCUT2D eigenvalue weighted by Gasteiger charge is -2.23. The van der Waals surface area contributed by atoms with Gasteiger partial charge in [0.05, 0.1) is 26.0 Å². The van der Waals surface area contributed by atoms with Crippen LogP contribution < -0.4 is 19.7 Å². The maximum atomic E-state index is 14.8. The molecule has 0 aromatic carbocycles. The maximum Gasteiger partial charge on any atom is 0.314 e. The summed E-state index contributed by atoms with van der Waals surface area (Å²) in [4.78, 5) is 12.8. The van der Waals surface area contributed by atoms with Crippen LogP contribution in [0.25, 0.3) is 17.0 Å². The summed E-state index contributed by atoms with van der Waals surface area (Å²) in [5, 5.41) is 11.1. The maximum absolute atomic E-state index is 14.8. The molecule has 184 valence electrons. The van der Waals surface area contributed by atoms with Crippen LogP contribution in [0.15, 0.2) is 18.5 Å². The van der Waals surface area contributed by atoms with Gasteiger partial charge in [-0.05, 0) is 23.6 Å². The first-order valence-electron chi connectivity index (χ1n) is 11.4. The van der Waals surface area contributed by atoms with Crippen molar-refractivity contribution in [2.24, 2.45) is 0 Å². The lowest BCUT2D eigenvalue weighted by Crippen LogP contribution is -2.38. The lowest BCUT2D eigenvalue weighted by atomic mass is 10.1. The van der Waals surface area contributed by atoms with E-state index in [-0.39, 0.29) is 23.3 Å². The van der Waals surface area contributed by atoms with E-state index in [1.807, 2.05) is 13.8 Å². The largest absolute Gasteiger partial charge is 0.492 e. The van der Waals surface area contributed by atoms with Gasteiger partial charge < -0.3 is 15.4 Å². The summed E-state index contributed by atoms with van der Waals surface area (Å²) in [5.74, 6) is 0.360. The topological polar surface area (TPSA) is 130 Å². The molecule has 0 aliphatic carbocycles. The molecule has 11 nitrogen and oxygen atoms in total. The van der Waals surface area contributed by atoms with Crippen molar-refractivity contribution in [1.29, 1.82) is 0 Å². The van der Waals surface area contributed by atoms with Crippen molar-refractivity contribution in [3.05, 3.63) is 24.3 Å². The molecule has 2 aliphatic heterocycles. The Morgan fingerprint density at radius 3 is 2.79 bits per heavy atom. The van der Waals surface area contributed by atoms with Crippen LogP contribution >= 0.6 is 0 Å². The molecule has 2 fully saturated rings. The summed E-state index contributed by atoms with van der Waals surface area (Å²) in [6.07, 6.45) is 5.15. The number of hydrogen-bond donors (Lipinski definition) is 3. The van der Waals surface area contributed by atoms with Crippen molar-refractivity contribution in [3.8, 4) is 17.1 Å². The molecule has 5 heterocycles. The number of fused-ring (bicyclic) bond motifs is 1. The van der Waals surface area contributed by atoms with Gasteiger partial charge in [0.1, 0.15) is 11.4 Å². The van der Waals surface area contributed by atoms with Crippen molar-refractivity contribution < 1.29 is 17.9 Å². The molecule has 2 unspecified atom stereocenters. The Morgan fingerprint density at radius 2 is 2.12 bits per heavy atom. The molecule has 2 atom stereocenters. The zero-order valence-corrected chi connectivity index (χ0v) is 20.3. The molecule has 5 rings (SSSR count). The molecule has 0 amide bonds. The molecule has 0 saturated carbocycles. The van der Waals surface area contributed by atoms with Crippen molar-refractivity contribution >= 4 is 27.8 Å². The number of anilines is 2. The summed E-state index contributed by atoms with van der Waals surface area (Å²) in [6.45, 7) is 6.12. The number of nitrogens with one attached hydrogen (secondary N) is 2. The van der Waals surface area contributed by atoms with Gasteiger partial charge in [0.15, 0.2) is 23.0 Å². The van der Waals surface area contributed by atoms with Crippen LogP contribution in [-0.4, -0.2) is 67.7 Å². The highest BCUT2D eigenvalue weighted by molar-refractivity contribution is 7.99. The van der Waals surface area contributed by atoms with E-state index >= 15 is 0 Å². The quantitative estimate of drug-likeness (QED) is 0.459. The highest BCUT2D eigenvalue weighted by Gasteiger charge is 2.44. The van der Waals surface area contributed by atoms with Crippen molar-refractivity contribution in [2.75, 3.05) is 42.1 Å². The summed E-state index contributed by atoms with van der Waals surface area (Å²) in [7, 11) is -1.79. The number of ether oxygens (including phenoxy) is 1. The molecule has 2 saturated heterocycles. The number of piperidine rings is 1. The Balaban J connectivity index is 0.00000133. The predicted octanol–water partition coefficient (Wildman–Crippen LogP) is 2.62.